The molecule has 0 bridgehead atoms. The van der Waals surface area contributed by atoms with E-state index in [1.54, 1.807) is 25.1 Å². The van der Waals surface area contributed by atoms with Crippen molar-refractivity contribution in [3.63, 3.8) is 0 Å². The summed E-state index contributed by atoms with van der Waals surface area (Å²) in [6.07, 6.45) is 0.878. The predicted octanol–water partition coefficient (Wildman–Crippen LogP) is 4.55. The number of carbonyl (C=O) groups is 1. The van der Waals surface area contributed by atoms with Gasteiger partial charge in [-0.1, -0.05) is 32.9 Å². The van der Waals surface area contributed by atoms with Gasteiger partial charge in [-0.05, 0) is 42.0 Å². The third-order valence-corrected chi connectivity index (χ3v) is 4.59. The topological polar surface area (TPSA) is 92.5 Å². The first kappa shape index (κ1) is 18.4. The van der Waals surface area contributed by atoms with Crippen LogP contribution in [0.2, 0.25) is 0 Å². The highest BCUT2D eigenvalue weighted by Gasteiger charge is 2.22. The van der Waals surface area contributed by atoms with Crippen LogP contribution in [0, 0.1) is 17.0 Å². The van der Waals surface area contributed by atoms with Gasteiger partial charge in [0.25, 0.3) is 11.6 Å². The summed E-state index contributed by atoms with van der Waals surface area (Å²) in [4.78, 5) is 23.0. The molecule has 0 aliphatic rings. The minimum atomic E-state index is -0.517. The fourth-order valence-electron chi connectivity index (χ4n) is 2.39. The molecule has 0 radical (unpaired) electrons. The SMILES string of the molecule is CCC(C)(C)c1ccc(O)c(C(=O)Nc2cc([N+](=O)[O-])ccc2C)c1. The second-order valence-electron chi connectivity index (χ2n) is 6.68. The van der Waals surface area contributed by atoms with Crippen LogP contribution in [0.4, 0.5) is 11.4 Å². The number of anilines is 1. The Kier molecular flexibility index (Phi) is 5.11. The minimum Gasteiger partial charge on any atom is -0.507 e. The smallest absolute Gasteiger partial charge is 0.271 e. The number of aromatic hydroxyl groups is 1. The molecule has 0 unspecified atom stereocenters. The lowest BCUT2D eigenvalue weighted by atomic mass is 9.81. The zero-order valence-electron chi connectivity index (χ0n) is 14.8. The molecule has 0 spiro atoms. The molecule has 0 aliphatic heterocycles. The molecule has 6 nitrogen and oxygen atoms in total. The number of nitrogens with zero attached hydrogens (tertiary/aromatic N) is 1. The summed E-state index contributed by atoms with van der Waals surface area (Å²) in [6.45, 7) is 7.92. The van der Waals surface area contributed by atoms with Crippen LogP contribution < -0.4 is 5.32 Å². The number of hydrogen-bond acceptors (Lipinski definition) is 4. The number of phenolic OH excluding ortho intramolecular Hbond substituents is 1. The van der Waals surface area contributed by atoms with Crippen LogP contribution in [0.15, 0.2) is 36.4 Å². The van der Waals surface area contributed by atoms with Gasteiger partial charge in [-0.25, -0.2) is 0 Å². The van der Waals surface area contributed by atoms with Crippen molar-refractivity contribution >= 4 is 17.3 Å². The number of non-ortho nitro benzene ring substituents is 1. The van der Waals surface area contributed by atoms with Crippen LogP contribution in [-0.2, 0) is 5.41 Å². The first-order valence-corrected chi connectivity index (χ1v) is 8.05. The lowest BCUT2D eigenvalue weighted by Gasteiger charge is -2.24. The van der Waals surface area contributed by atoms with E-state index in [2.05, 4.69) is 26.1 Å². The third-order valence-electron chi connectivity index (χ3n) is 4.59. The van der Waals surface area contributed by atoms with E-state index in [-0.39, 0.29) is 22.4 Å². The molecule has 2 N–H and O–H groups in total. The van der Waals surface area contributed by atoms with Gasteiger partial charge in [-0.3, -0.25) is 14.9 Å². The highest BCUT2D eigenvalue weighted by molar-refractivity contribution is 6.06. The van der Waals surface area contributed by atoms with Crippen molar-refractivity contribution in [1.82, 2.24) is 0 Å². The fraction of sp³-hybridized carbons (Fsp3) is 0.316. The Balaban J connectivity index is 2.37. The number of nitro groups is 1. The lowest BCUT2D eigenvalue weighted by molar-refractivity contribution is -0.384. The Bertz CT molecular complexity index is 828. The molecule has 25 heavy (non-hydrogen) atoms. The molecule has 0 aliphatic carbocycles. The summed E-state index contributed by atoms with van der Waals surface area (Å²) in [5.41, 5.74) is 1.89. The molecule has 2 aromatic carbocycles. The minimum absolute atomic E-state index is 0.106. The molecule has 0 fully saturated rings. The number of amides is 1. The van der Waals surface area contributed by atoms with Gasteiger partial charge in [0.1, 0.15) is 5.75 Å². The second-order valence-corrected chi connectivity index (χ2v) is 6.68. The highest BCUT2D eigenvalue weighted by atomic mass is 16.6. The average Bonchev–Trinajstić information content (AvgIpc) is 2.56. The van der Waals surface area contributed by atoms with E-state index in [9.17, 15) is 20.0 Å². The highest BCUT2D eigenvalue weighted by Crippen LogP contribution is 2.31. The van der Waals surface area contributed by atoms with Gasteiger partial charge in [0, 0.05) is 12.1 Å². The number of benzene rings is 2. The Labute approximate surface area is 146 Å². The van der Waals surface area contributed by atoms with E-state index < -0.39 is 10.8 Å². The zero-order chi connectivity index (χ0) is 18.8. The van der Waals surface area contributed by atoms with Crippen molar-refractivity contribution in [3.05, 3.63) is 63.2 Å². The summed E-state index contributed by atoms with van der Waals surface area (Å²) >= 11 is 0. The van der Waals surface area contributed by atoms with E-state index in [0.717, 1.165) is 12.0 Å². The van der Waals surface area contributed by atoms with Crippen LogP contribution in [0.25, 0.3) is 0 Å². The Morgan fingerprint density at radius 2 is 1.92 bits per heavy atom. The summed E-state index contributed by atoms with van der Waals surface area (Å²) in [7, 11) is 0. The number of rotatable bonds is 5. The van der Waals surface area contributed by atoms with E-state index in [1.807, 2.05) is 0 Å². The van der Waals surface area contributed by atoms with Gasteiger partial charge in [0.05, 0.1) is 16.2 Å². The summed E-state index contributed by atoms with van der Waals surface area (Å²) in [5, 5.41) is 23.6. The molecule has 0 saturated heterocycles. The molecule has 0 aromatic heterocycles. The van der Waals surface area contributed by atoms with Crippen LogP contribution in [0.1, 0.15) is 48.7 Å². The molecule has 1 amide bonds. The van der Waals surface area contributed by atoms with Gasteiger partial charge < -0.3 is 10.4 Å². The van der Waals surface area contributed by atoms with Gasteiger partial charge in [0.15, 0.2) is 0 Å². The van der Waals surface area contributed by atoms with E-state index in [4.69, 9.17) is 0 Å². The van der Waals surface area contributed by atoms with Crippen molar-refractivity contribution in [2.75, 3.05) is 5.32 Å². The largest absolute Gasteiger partial charge is 0.507 e. The van der Waals surface area contributed by atoms with Crippen LogP contribution >= 0.6 is 0 Å². The monoisotopic (exact) mass is 342 g/mol. The molecule has 0 heterocycles. The number of phenols is 1. The van der Waals surface area contributed by atoms with Crippen molar-refractivity contribution in [3.8, 4) is 5.75 Å². The maximum absolute atomic E-state index is 12.6. The Morgan fingerprint density at radius 1 is 1.24 bits per heavy atom. The third kappa shape index (κ3) is 3.96. The maximum Gasteiger partial charge on any atom is 0.271 e. The standard InChI is InChI=1S/C19H22N2O4/c1-5-19(3,4)13-7-9-17(22)15(10-13)18(23)20-16-11-14(21(24)25)8-6-12(16)2/h6-11,22H,5H2,1-4H3,(H,20,23). The number of hydrogen-bond donors (Lipinski definition) is 2. The van der Waals surface area contributed by atoms with Crippen molar-refractivity contribution in [2.45, 2.75) is 39.5 Å². The molecule has 0 atom stereocenters. The molecular formula is C19H22N2O4. The molecule has 132 valence electrons. The lowest BCUT2D eigenvalue weighted by Crippen LogP contribution is -2.18. The maximum atomic E-state index is 12.6. The van der Waals surface area contributed by atoms with E-state index in [1.165, 1.54) is 18.2 Å². The first-order valence-electron chi connectivity index (χ1n) is 8.05. The van der Waals surface area contributed by atoms with Gasteiger partial charge >= 0.3 is 0 Å². The zero-order valence-corrected chi connectivity index (χ0v) is 14.8. The fourth-order valence-corrected chi connectivity index (χ4v) is 2.39. The Hall–Kier alpha value is -2.89. The van der Waals surface area contributed by atoms with Crippen molar-refractivity contribution in [2.24, 2.45) is 0 Å². The average molecular weight is 342 g/mol. The van der Waals surface area contributed by atoms with E-state index >= 15 is 0 Å². The van der Waals surface area contributed by atoms with Crippen LogP contribution in [0.3, 0.4) is 0 Å². The molecule has 6 heteroatoms. The second kappa shape index (κ2) is 6.93. The number of nitrogens with one attached hydrogen (secondary N) is 1. The first-order chi connectivity index (χ1) is 11.7. The van der Waals surface area contributed by atoms with Crippen LogP contribution in [0.5, 0.6) is 5.75 Å². The number of nitro benzene ring substituents is 1. The molecule has 2 aromatic rings. The predicted molar refractivity (Wildman–Crippen MR) is 97.2 cm³/mol. The Morgan fingerprint density at radius 3 is 2.52 bits per heavy atom. The molecular weight excluding hydrogens is 320 g/mol. The normalized spacial score (nSPS) is 11.2. The summed E-state index contributed by atoms with van der Waals surface area (Å²) in [6, 6.07) is 9.23. The van der Waals surface area contributed by atoms with Crippen LogP contribution in [-0.4, -0.2) is 15.9 Å². The van der Waals surface area contributed by atoms with E-state index in [0.29, 0.717) is 11.3 Å². The molecule has 2 rings (SSSR count). The number of aryl methyl sites for hydroxylation is 1. The summed E-state index contributed by atoms with van der Waals surface area (Å²) < 4.78 is 0. The number of carbonyl (C=O) groups excluding carboxylic acids is 1. The van der Waals surface area contributed by atoms with Gasteiger partial charge in [-0.2, -0.15) is 0 Å². The van der Waals surface area contributed by atoms with Crippen molar-refractivity contribution in [1.29, 1.82) is 0 Å². The van der Waals surface area contributed by atoms with Crippen molar-refractivity contribution < 1.29 is 14.8 Å². The quantitative estimate of drug-likeness (QED) is 0.616. The van der Waals surface area contributed by atoms with Gasteiger partial charge in [-0.15, -0.1) is 0 Å². The van der Waals surface area contributed by atoms with Gasteiger partial charge in [0.2, 0.25) is 0 Å². The molecule has 0 saturated carbocycles. The summed E-state index contributed by atoms with van der Waals surface area (Å²) in [5.74, 6) is -0.633.